The van der Waals surface area contributed by atoms with E-state index in [2.05, 4.69) is 205 Å². The summed E-state index contributed by atoms with van der Waals surface area (Å²) < 4.78 is 6.43. The van der Waals surface area contributed by atoms with Gasteiger partial charge in [-0.3, -0.25) is 0 Å². The van der Waals surface area contributed by atoms with Gasteiger partial charge in [0.2, 0.25) is 0 Å². The van der Waals surface area contributed by atoms with E-state index >= 15 is 0 Å². The number of hydrogen-bond donors (Lipinski definition) is 0. The van der Waals surface area contributed by atoms with Gasteiger partial charge in [0.25, 0.3) is 0 Å². The third kappa shape index (κ3) is 4.88. The molecule has 1 aromatic heterocycles. The van der Waals surface area contributed by atoms with E-state index in [1.165, 1.54) is 65.3 Å². The zero-order valence-corrected chi connectivity index (χ0v) is 29.4. The largest absolute Gasteiger partial charge is 0.456 e. The summed E-state index contributed by atoms with van der Waals surface area (Å²) in [4.78, 5) is 2.38. The lowest BCUT2D eigenvalue weighted by Gasteiger charge is -2.28. The molecule has 10 aromatic carbocycles. The molecular formula is C52H33NO. The third-order valence-electron chi connectivity index (χ3n) is 11.0. The van der Waals surface area contributed by atoms with E-state index in [0.717, 1.165) is 39.0 Å². The molecule has 1 heterocycles. The highest BCUT2D eigenvalue weighted by atomic mass is 16.3. The highest BCUT2D eigenvalue weighted by molar-refractivity contribution is 6.21. The van der Waals surface area contributed by atoms with Crippen molar-refractivity contribution >= 4 is 82.1 Å². The molecule has 11 rings (SSSR count). The van der Waals surface area contributed by atoms with E-state index in [9.17, 15) is 0 Å². The first-order valence-electron chi connectivity index (χ1n) is 18.5. The van der Waals surface area contributed by atoms with E-state index in [1.807, 2.05) is 0 Å². The quantitative estimate of drug-likeness (QED) is 0.168. The van der Waals surface area contributed by atoms with Crippen LogP contribution >= 0.6 is 0 Å². The molecule has 2 heteroatoms. The van der Waals surface area contributed by atoms with Gasteiger partial charge in [0, 0.05) is 27.7 Å². The Morgan fingerprint density at radius 1 is 0.315 bits per heavy atom. The molecule has 252 valence electrons. The van der Waals surface area contributed by atoms with Gasteiger partial charge in [0.15, 0.2) is 0 Å². The van der Waals surface area contributed by atoms with Crippen molar-refractivity contribution in [3.05, 3.63) is 200 Å². The van der Waals surface area contributed by atoms with Crippen molar-refractivity contribution < 1.29 is 4.42 Å². The summed E-state index contributed by atoms with van der Waals surface area (Å²) in [6.45, 7) is 0. The van der Waals surface area contributed by atoms with Crippen molar-refractivity contribution in [3.63, 3.8) is 0 Å². The lowest BCUT2D eigenvalue weighted by atomic mass is 9.94. The van der Waals surface area contributed by atoms with Gasteiger partial charge in [-0.05, 0) is 108 Å². The summed E-state index contributed by atoms with van der Waals surface area (Å²) in [5.41, 5.74) is 9.75. The molecule has 0 atom stereocenters. The summed E-state index contributed by atoms with van der Waals surface area (Å²) in [7, 11) is 0. The molecule has 11 aromatic rings. The average molecular weight is 688 g/mol. The maximum Gasteiger partial charge on any atom is 0.136 e. The zero-order valence-electron chi connectivity index (χ0n) is 29.4. The Bertz CT molecular complexity index is 3210. The summed E-state index contributed by atoms with van der Waals surface area (Å²) in [6.07, 6.45) is 0. The monoisotopic (exact) mass is 687 g/mol. The van der Waals surface area contributed by atoms with E-state index in [0.29, 0.717) is 0 Å². The molecule has 0 aliphatic carbocycles. The summed E-state index contributed by atoms with van der Waals surface area (Å²) in [6, 6.07) is 72.3. The van der Waals surface area contributed by atoms with Crippen LogP contribution in [0.4, 0.5) is 17.1 Å². The van der Waals surface area contributed by atoms with Crippen LogP contribution in [0.1, 0.15) is 0 Å². The van der Waals surface area contributed by atoms with Gasteiger partial charge in [-0.15, -0.1) is 0 Å². The highest BCUT2D eigenvalue weighted by Gasteiger charge is 2.20. The van der Waals surface area contributed by atoms with Crippen LogP contribution in [-0.2, 0) is 0 Å². The van der Waals surface area contributed by atoms with Gasteiger partial charge >= 0.3 is 0 Å². The molecule has 0 aliphatic heterocycles. The van der Waals surface area contributed by atoms with E-state index in [4.69, 9.17) is 4.42 Å². The van der Waals surface area contributed by atoms with Gasteiger partial charge in [0.1, 0.15) is 11.2 Å². The molecule has 0 spiro atoms. The smallest absolute Gasteiger partial charge is 0.136 e. The molecule has 0 amide bonds. The maximum atomic E-state index is 6.43. The van der Waals surface area contributed by atoms with Crippen molar-refractivity contribution in [1.29, 1.82) is 0 Å². The van der Waals surface area contributed by atoms with Crippen LogP contribution in [-0.4, -0.2) is 0 Å². The normalized spacial score (nSPS) is 11.7. The minimum atomic E-state index is 0.883. The zero-order chi connectivity index (χ0) is 35.6. The highest BCUT2D eigenvalue weighted by Crippen LogP contribution is 2.44. The molecule has 0 bridgehead atoms. The van der Waals surface area contributed by atoms with Crippen LogP contribution in [0.3, 0.4) is 0 Å². The first kappa shape index (κ1) is 30.5. The molecule has 0 N–H and O–H groups in total. The molecule has 0 saturated carbocycles. The fourth-order valence-corrected chi connectivity index (χ4v) is 8.44. The minimum Gasteiger partial charge on any atom is -0.456 e. The second kappa shape index (κ2) is 12.2. The van der Waals surface area contributed by atoms with Crippen LogP contribution in [0.15, 0.2) is 205 Å². The number of fused-ring (bicyclic) bond motifs is 10. The predicted octanol–water partition coefficient (Wildman–Crippen LogP) is 15.0. The van der Waals surface area contributed by atoms with Gasteiger partial charge in [-0.1, -0.05) is 152 Å². The Balaban J connectivity index is 1.09. The summed E-state index contributed by atoms with van der Waals surface area (Å²) >= 11 is 0. The Hall–Kier alpha value is -7.16. The second-order valence-corrected chi connectivity index (χ2v) is 14.1. The van der Waals surface area contributed by atoms with Crippen LogP contribution in [0.5, 0.6) is 0 Å². The Kier molecular flexibility index (Phi) is 6.90. The van der Waals surface area contributed by atoms with E-state index < -0.39 is 0 Å². The average Bonchev–Trinajstić information content (AvgIpc) is 3.63. The molecule has 0 saturated heterocycles. The topological polar surface area (TPSA) is 16.4 Å². The van der Waals surface area contributed by atoms with E-state index in [-0.39, 0.29) is 0 Å². The van der Waals surface area contributed by atoms with Gasteiger partial charge in [0.05, 0.1) is 5.69 Å². The number of furan rings is 1. The predicted molar refractivity (Wildman–Crippen MR) is 229 cm³/mol. The summed E-state index contributed by atoms with van der Waals surface area (Å²) in [5.74, 6) is 0. The number of rotatable bonds is 5. The Labute approximate surface area is 312 Å². The van der Waals surface area contributed by atoms with Crippen molar-refractivity contribution in [2.24, 2.45) is 0 Å². The van der Waals surface area contributed by atoms with Gasteiger partial charge in [-0.25, -0.2) is 0 Å². The molecular weight excluding hydrogens is 655 g/mol. The van der Waals surface area contributed by atoms with Crippen molar-refractivity contribution in [3.8, 4) is 22.3 Å². The lowest BCUT2D eigenvalue weighted by Crippen LogP contribution is -2.11. The first-order valence-corrected chi connectivity index (χ1v) is 18.5. The van der Waals surface area contributed by atoms with Gasteiger partial charge in [-0.2, -0.15) is 0 Å². The standard InChI is InChI=1S/C52H33NO/c1-2-10-35(11-3-1)43-14-8-9-17-48(43)53(42-29-31-49-47(33-42)52-45-16-7-5-13-37(45)26-30-50(52)54-49)41-27-24-34(25-28-41)40-23-20-38-19-22-39-21-18-36-12-4-6-15-44(36)51(39)46(38)32-40/h1-33H. The van der Waals surface area contributed by atoms with Gasteiger partial charge < -0.3 is 9.32 Å². The fourth-order valence-electron chi connectivity index (χ4n) is 8.44. The molecule has 0 fully saturated rings. The summed E-state index contributed by atoms with van der Waals surface area (Å²) in [5, 5.41) is 12.3. The third-order valence-corrected chi connectivity index (χ3v) is 11.0. The van der Waals surface area contributed by atoms with Crippen molar-refractivity contribution in [1.82, 2.24) is 0 Å². The molecule has 0 unspecified atom stereocenters. The second-order valence-electron chi connectivity index (χ2n) is 14.1. The van der Waals surface area contributed by atoms with Crippen LogP contribution in [0, 0.1) is 0 Å². The molecule has 0 aliphatic rings. The van der Waals surface area contributed by atoms with Crippen molar-refractivity contribution in [2.75, 3.05) is 4.90 Å². The number of benzene rings is 10. The molecule has 2 nitrogen and oxygen atoms in total. The number of nitrogens with zero attached hydrogens (tertiary/aromatic N) is 1. The lowest BCUT2D eigenvalue weighted by molar-refractivity contribution is 0.669. The SMILES string of the molecule is c1ccc(-c2ccccc2N(c2ccc(-c3ccc4ccc5ccc6ccccc6c5c4c3)cc2)c2ccc3oc4ccc5ccccc5c4c3c2)cc1. The first-order chi connectivity index (χ1) is 26.8. The number of hydrogen-bond acceptors (Lipinski definition) is 2. The van der Waals surface area contributed by atoms with Crippen molar-refractivity contribution in [2.45, 2.75) is 0 Å². The van der Waals surface area contributed by atoms with Crippen LogP contribution < -0.4 is 4.90 Å². The molecule has 0 radical (unpaired) electrons. The fraction of sp³-hybridized carbons (Fsp3) is 0. The Morgan fingerprint density at radius 3 is 1.69 bits per heavy atom. The number of para-hydroxylation sites is 1. The van der Waals surface area contributed by atoms with E-state index in [1.54, 1.807) is 0 Å². The van der Waals surface area contributed by atoms with Crippen LogP contribution in [0.25, 0.3) is 87.3 Å². The number of anilines is 3. The minimum absolute atomic E-state index is 0.883. The molecule has 54 heavy (non-hydrogen) atoms. The maximum absolute atomic E-state index is 6.43. The Morgan fingerprint density at radius 2 is 0.889 bits per heavy atom. The van der Waals surface area contributed by atoms with Crippen LogP contribution in [0.2, 0.25) is 0 Å².